The average molecular weight is 309 g/mol. The van der Waals surface area contributed by atoms with Gasteiger partial charge in [-0.1, -0.05) is 36.4 Å². The molecular weight excluding hydrogens is 286 g/mol. The largest absolute Gasteiger partial charge is 0.508 e. The zero-order valence-corrected chi connectivity index (χ0v) is 13.7. The predicted molar refractivity (Wildman–Crippen MR) is 94.4 cm³/mol. The van der Waals surface area contributed by atoms with Gasteiger partial charge in [-0.2, -0.15) is 0 Å². The zero-order valence-electron chi connectivity index (χ0n) is 13.7. The summed E-state index contributed by atoms with van der Waals surface area (Å²) in [7, 11) is 0. The van der Waals surface area contributed by atoms with E-state index in [1.165, 1.54) is 11.1 Å². The second-order valence-electron chi connectivity index (χ2n) is 6.36. The van der Waals surface area contributed by atoms with Gasteiger partial charge in [-0.15, -0.1) is 0 Å². The van der Waals surface area contributed by atoms with Crippen molar-refractivity contribution in [3.05, 3.63) is 65.7 Å². The summed E-state index contributed by atoms with van der Waals surface area (Å²) >= 11 is 0. The molecule has 0 amide bonds. The van der Waals surface area contributed by atoms with Gasteiger partial charge in [0.15, 0.2) is 0 Å². The first-order valence-electron chi connectivity index (χ1n) is 7.96. The number of anilines is 1. The van der Waals surface area contributed by atoms with E-state index in [0.717, 1.165) is 36.5 Å². The normalized spacial score (nSPS) is 16.6. The zero-order chi connectivity index (χ0) is 16.4. The first-order chi connectivity index (χ1) is 11.0. The number of hydrogen-bond acceptors (Lipinski definition) is 3. The van der Waals surface area contributed by atoms with Crippen LogP contribution >= 0.6 is 0 Å². The Hall–Kier alpha value is -2.42. The van der Waals surface area contributed by atoms with Gasteiger partial charge in [-0.3, -0.25) is 0 Å². The molecule has 3 heteroatoms. The fourth-order valence-corrected chi connectivity index (χ4v) is 3.08. The molecule has 1 atom stereocenters. The number of ether oxygens (including phenoxy) is 1. The lowest BCUT2D eigenvalue weighted by molar-refractivity contribution is 0.194. The Morgan fingerprint density at radius 2 is 2.09 bits per heavy atom. The summed E-state index contributed by atoms with van der Waals surface area (Å²) in [5, 5.41) is 9.77. The fraction of sp³-hybridized carbons (Fsp3) is 0.300. The molecular formula is C20H23NO2. The van der Waals surface area contributed by atoms with E-state index in [9.17, 15) is 5.11 Å². The minimum Gasteiger partial charge on any atom is -0.508 e. The maximum Gasteiger partial charge on any atom is 0.143 e. The second kappa shape index (κ2) is 6.37. The van der Waals surface area contributed by atoms with Crippen molar-refractivity contribution in [1.82, 2.24) is 0 Å². The van der Waals surface area contributed by atoms with Crippen molar-refractivity contribution in [3.8, 4) is 11.5 Å². The van der Waals surface area contributed by atoms with Crippen LogP contribution in [0.15, 0.2) is 54.6 Å². The summed E-state index contributed by atoms with van der Waals surface area (Å²) in [4.78, 5) is 2.24. The third-order valence-electron chi connectivity index (χ3n) is 4.17. The number of fused-ring (bicyclic) bond motifs is 1. The van der Waals surface area contributed by atoms with Gasteiger partial charge in [0.25, 0.3) is 0 Å². The standard InChI is InChI=1S/C20H23NO2/c1-14(2)12-21-13-18(10-16-7-5-4-6-15(16)3)23-20-9-8-17(22)11-19(20)21/h4-9,11,18,22H,1,10,12-13H2,2-3H3. The van der Waals surface area contributed by atoms with Crippen molar-refractivity contribution in [3.63, 3.8) is 0 Å². The Morgan fingerprint density at radius 3 is 2.83 bits per heavy atom. The van der Waals surface area contributed by atoms with Crippen molar-refractivity contribution in [2.45, 2.75) is 26.4 Å². The van der Waals surface area contributed by atoms with Crippen LogP contribution in [0.3, 0.4) is 0 Å². The van der Waals surface area contributed by atoms with Gasteiger partial charge in [-0.25, -0.2) is 0 Å². The minimum absolute atomic E-state index is 0.0903. The van der Waals surface area contributed by atoms with Gasteiger partial charge in [0.1, 0.15) is 17.6 Å². The second-order valence-corrected chi connectivity index (χ2v) is 6.36. The Kier molecular flexibility index (Phi) is 4.28. The smallest absolute Gasteiger partial charge is 0.143 e. The first kappa shape index (κ1) is 15.5. The summed E-state index contributed by atoms with van der Waals surface area (Å²) in [5.41, 5.74) is 4.64. The number of aryl methyl sites for hydroxylation is 1. The Balaban J connectivity index is 1.86. The Morgan fingerprint density at radius 1 is 1.30 bits per heavy atom. The van der Waals surface area contributed by atoms with Crippen LogP contribution in [0.2, 0.25) is 0 Å². The highest BCUT2D eigenvalue weighted by Crippen LogP contribution is 2.37. The monoisotopic (exact) mass is 309 g/mol. The molecule has 0 fully saturated rings. The highest BCUT2D eigenvalue weighted by molar-refractivity contribution is 5.63. The molecule has 2 aromatic carbocycles. The molecule has 0 saturated carbocycles. The Bertz CT molecular complexity index is 723. The predicted octanol–water partition coefficient (Wildman–Crippen LogP) is 4.09. The molecule has 1 N–H and O–H groups in total. The molecule has 0 spiro atoms. The van der Waals surface area contributed by atoms with Gasteiger partial charge >= 0.3 is 0 Å². The van der Waals surface area contributed by atoms with E-state index in [2.05, 4.69) is 42.7 Å². The van der Waals surface area contributed by atoms with Gasteiger partial charge in [0.2, 0.25) is 0 Å². The summed E-state index contributed by atoms with van der Waals surface area (Å²) in [6.45, 7) is 9.74. The number of nitrogens with zero attached hydrogens (tertiary/aromatic N) is 1. The summed E-state index contributed by atoms with van der Waals surface area (Å²) in [6, 6.07) is 13.7. The molecule has 3 rings (SSSR count). The molecule has 1 aliphatic heterocycles. The minimum atomic E-state index is 0.0903. The van der Waals surface area contributed by atoms with Crippen molar-refractivity contribution >= 4 is 5.69 Å². The highest BCUT2D eigenvalue weighted by Gasteiger charge is 2.26. The van der Waals surface area contributed by atoms with Crippen LogP contribution in [-0.4, -0.2) is 24.3 Å². The fourth-order valence-electron chi connectivity index (χ4n) is 3.08. The van der Waals surface area contributed by atoms with Crippen molar-refractivity contribution in [2.24, 2.45) is 0 Å². The molecule has 23 heavy (non-hydrogen) atoms. The van der Waals surface area contributed by atoms with E-state index in [4.69, 9.17) is 4.74 Å². The summed E-state index contributed by atoms with van der Waals surface area (Å²) < 4.78 is 6.18. The number of aromatic hydroxyl groups is 1. The first-order valence-corrected chi connectivity index (χ1v) is 7.96. The highest BCUT2D eigenvalue weighted by atomic mass is 16.5. The van der Waals surface area contributed by atoms with Crippen LogP contribution in [0.5, 0.6) is 11.5 Å². The van der Waals surface area contributed by atoms with Crippen LogP contribution in [0.4, 0.5) is 5.69 Å². The van der Waals surface area contributed by atoms with E-state index in [0.29, 0.717) is 0 Å². The molecule has 0 bridgehead atoms. The van der Waals surface area contributed by atoms with E-state index in [-0.39, 0.29) is 11.9 Å². The maximum absolute atomic E-state index is 9.77. The van der Waals surface area contributed by atoms with Gasteiger partial charge < -0.3 is 14.7 Å². The number of hydrogen-bond donors (Lipinski definition) is 1. The van der Waals surface area contributed by atoms with Crippen molar-refractivity contribution < 1.29 is 9.84 Å². The van der Waals surface area contributed by atoms with E-state index in [1.54, 1.807) is 12.1 Å². The van der Waals surface area contributed by atoms with Gasteiger partial charge in [0, 0.05) is 19.0 Å². The molecule has 0 aromatic heterocycles. The molecule has 1 unspecified atom stereocenters. The summed E-state index contributed by atoms with van der Waals surface area (Å²) in [6.07, 6.45) is 0.965. The number of rotatable bonds is 4. The molecule has 0 radical (unpaired) electrons. The van der Waals surface area contributed by atoms with Crippen LogP contribution in [-0.2, 0) is 6.42 Å². The van der Waals surface area contributed by atoms with Crippen molar-refractivity contribution in [1.29, 1.82) is 0 Å². The van der Waals surface area contributed by atoms with Crippen molar-refractivity contribution in [2.75, 3.05) is 18.0 Å². The van der Waals surface area contributed by atoms with Crippen LogP contribution < -0.4 is 9.64 Å². The van der Waals surface area contributed by atoms with Gasteiger partial charge in [-0.05, 0) is 37.1 Å². The lowest BCUT2D eigenvalue weighted by Gasteiger charge is -2.36. The SMILES string of the molecule is C=C(C)CN1CC(Cc2ccccc2C)Oc2ccc(O)cc21. The van der Waals surface area contributed by atoms with Crippen LogP contribution in [0.25, 0.3) is 0 Å². The lowest BCUT2D eigenvalue weighted by atomic mass is 10.0. The third-order valence-corrected chi connectivity index (χ3v) is 4.17. The average Bonchev–Trinajstić information content (AvgIpc) is 2.50. The molecule has 120 valence electrons. The third kappa shape index (κ3) is 3.50. The topological polar surface area (TPSA) is 32.7 Å². The van der Waals surface area contributed by atoms with E-state index >= 15 is 0 Å². The molecule has 1 heterocycles. The van der Waals surface area contributed by atoms with Gasteiger partial charge in [0.05, 0.1) is 12.2 Å². The molecule has 3 nitrogen and oxygen atoms in total. The quantitative estimate of drug-likeness (QED) is 0.864. The molecule has 1 aliphatic rings. The summed E-state index contributed by atoms with van der Waals surface area (Å²) in [5.74, 6) is 1.09. The number of phenols is 1. The molecule has 0 aliphatic carbocycles. The lowest BCUT2D eigenvalue weighted by Crippen LogP contribution is -2.42. The number of benzene rings is 2. The molecule has 0 saturated heterocycles. The van der Waals surface area contributed by atoms with E-state index in [1.807, 2.05) is 13.0 Å². The van der Waals surface area contributed by atoms with E-state index < -0.39 is 0 Å². The Labute approximate surface area is 137 Å². The van der Waals surface area contributed by atoms with Crippen LogP contribution in [0.1, 0.15) is 18.1 Å². The number of phenolic OH excluding ortho intramolecular Hbond substituents is 1. The molecule has 2 aromatic rings. The van der Waals surface area contributed by atoms with Crippen LogP contribution in [0, 0.1) is 6.92 Å². The maximum atomic E-state index is 9.77.